The molecule has 2 aromatic rings. The maximum atomic E-state index is 11.6. The van der Waals surface area contributed by atoms with Gasteiger partial charge in [-0.2, -0.15) is 0 Å². The molecule has 0 fully saturated rings. The fraction of sp³-hybridized carbons (Fsp3) is 0.250. The van der Waals surface area contributed by atoms with Gasteiger partial charge in [0.05, 0.1) is 12.1 Å². The van der Waals surface area contributed by atoms with Gasteiger partial charge in [-0.05, 0) is 12.1 Å². The summed E-state index contributed by atoms with van der Waals surface area (Å²) in [6.07, 6.45) is -1.68. The number of oxazole rings is 1. The summed E-state index contributed by atoms with van der Waals surface area (Å²) in [6.45, 7) is -0.749. The summed E-state index contributed by atoms with van der Waals surface area (Å²) in [5.41, 5.74) is 0.822. The summed E-state index contributed by atoms with van der Waals surface area (Å²) in [7, 11) is 0. The fourth-order valence-corrected chi connectivity index (χ4v) is 1.66. The minimum Gasteiger partial charge on any atom is -0.479 e. The average molecular weight is 280 g/mol. The van der Waals surface area contributed by atoms with E-state index in [1.165, 1.54) is 0 Å². The Balaban J connectivity index is 2.09. The topological polar surface area (TPSA) is 122 Å². The Morgan fingerprint density at radius 1 is 1.35 bits per heavy atom. The summed E-state index contributed by atoms with van der Waals surface area (Å²) in [6, 6.07) is 6.61. The molecule has 1 atom stereocenters. The molecule has 0 bridgehead atoms. The Kier molecular flexibility index (Phi) is 3.85. The van der Waals surface area contributed by atoms with Gasteiger partial charge in [-0.15, -0.1) is 0 Å². The van der Waals surface area contributed by atoms with E-state index in [2.05, 4.69) is 5.32 Å². The van der Waals surface area contributed by atoms with E-state index < -0.39 is 30.3 Å². The van der Waals surface area contributed by atoms with Crippen LogP contribution in [-0.2, 0) is 16.1 Å². The lowest BCUT2D eigenvalue weighted by molar-refractivity contribution is -0.146. The lowest BCUT2D eigenvalue weighted by Gasteiger charge is -2.07. The second kappa shape index (κ2) is 5.57. The van der Waals surface area contributed by atoms with Crippen LogP contribution >= 0.6 is 0 Å². The van der Waals surface area contributed by atoms with E-state index in [1.807, 2.05) is 0 Å². The van der Waals surface area contributed by atoms with Crippen LogP contribution < -0.4 is 11.1 Å². The molecular weight excluding hydrogens is 268 g/mol. The first-order valence-corrected chi connectivity index (χ1v) is 5.75. The molecule has 1 aromatic heterocycles. The number of carbonyl (C=O) groups excluding carboxylic acids is 1. The van der Waals surface area contributed by atoms with Crippen LogP contribution in [-0.4, -0.2) is 39.3 Å². The minimum absolute atomic E-state index is 0.317. The molecule has 0 radical (unpaired) electrons. The molecule has 0 spiro atoms. The third-order valence-electron chi connectivity index (χ3n) is 2.65. The normalized spacial score (nSPS) is 12.2. The third-order valence-corrected chi connectivity index (χ3v) is 2.65. The molecule has 1 unspecified atom stereocenters. The van der Waals surface area contributed by atoms with Crippen molar-refractivity contribution in [3.05, 3.63) is 34.8 Å². The van der Waals surface area contributed by atoms with E-state index in [1.54, 1.807) is 24.3 Å². The van der Waals surface area contributed by atoms with Crippen molar-refractivity contribution in [2.24, 2.45) is 0 Å². The van der Waals surface area contributed by atoms with Crippen molar-refractivity contribution in [2.75, 3.05) is 6.54 Å². The van der Waals surface area contributed by atoms with Crippen molar-refractivity contribution in [2.45, 2.75) is 12.6 Å². The lowest BCUT2D eigenvalue weighted by Crippen LogP contribution is -2.38. The molecule has 8 nitrogen and oxygen atoms in total. The highest BCUT2D eigenvalue weighted by atomic mass is 16.4. The first-order chi connectivity index (χ1) is 9.49. The van der Waals surface area contributed by atoms with Crippen LogP contribution in [0.15, 0.2) is 33.5 Å². The fourth-order valence-electron chi connectivity index (χ4n) is 1.66. The smallest absolute Gasteiger partial charge is 0.420 e. The monoisotopic (exact) mass is 280 g/mol. The number of aliphatic hydroxyl groups is 1. The van der Waals surface area contributed by atoms with Crippen LogP contribution in [0, 0.1) is 0 Å². The van der Waals surface area contributed by atoms with Gasteiger partial charge in [0.1, 0.15) is 6.54 Å². The number of amides is 1. The quantitative estimate of drug-likeness (QED) is 0.656. The van der Waals surface area contributed by atoms with Crippen molar-refractivity contribution >= 4 is 23.0 Å². The van der Waals surface area contributed by atoms with Gasteiger partial charge in [0.15, 0.2) is 11.7 Å². The Hall–Kier alpha value is -2.61. The van der Waals surface area contributed by atoms with E-state index in [0.717, 1.165) is 4.57 Å². The maximum absolute atomic E-state index is 11.6. The van der Waals surface area contributed by atoms with Gasteiger partial charge < -0.3 is 19.9 Å². The van der Waals surface area contributed by atoms with Crippen LogP contribution in [0.4, 0.5) is 0 Å². The third kappa shape index (κ3) is 2.86. The predicted octanol–water partition coefficient (Wildman–Crippen LogP) is -0.844. The lowest BCUT2D eigenvalue weighted by atomic mass is 10.3. The number of hydrogen-bond donors (Lipinski definition) is 3. The zero-order valence-corrected chi connectivity index (χ0v) is 10.3. The van der Waals surface area contributed by atoms with E-state index in [9.17, 15) is 14.4 Å². The van der Waals surface area contributed by atoms with Gasteiger partial charge in [0, 0.05) is 0 Å². The number of rotatable bonds is 5. The summed E-state index contributed by atoms with van der Waals surface area (Å²) in [5, 5.41) is 19.7. The molecule has 1 heterocycles. The number of aliphatic carboxylic acids is 1. The number of carboxylic acid groups (broad SMARTS) is 1. The Bertz CT molecular complexity index is 701. The Labute approximate surface area is 112 Å². The van der Waals surface area contributed by atoms with Gasteiger partial charge in [-0.25, -0.2) is 9.59 Å². The summed E-state index contributed by atoms with van der Waals surface area (Å²) < 4.78 is 6.07. The zero-order chi connectivity index (χ0) is 14.7. The van der Waals surface area contributed by atoms with E-state index in [0.29, 0.717) is 11.1 Å². The van der Waals surface area contributed by atoms with Crippen LogP contribution in [0.3, 0.4) is 0 Å². The second-order valence-electron chi connectivity index (χ2n) is 4.08. The van der Waals surface area contributed by atoms with Crippen molar-refractivity contribution in [1.29, 1.82) is 0 Å². The average Bonchev–Trinajstić information content (AvgIpc) is 2.72. The molecule has 0 saturated carbocycles. The molecule has 0 saturated heterocycles. The van der Waals surface area contributed by atoms with E-state index in [-0.39, 0.29) is 6.54 Å². The molecule has 8 heteroatoms. The van der Waals surface area contributed by atoms with Gasteiger partial charge in [0.2, 0.25) is 5.91 Å². The highest BCUT2D eigenvalue weighted by molar-refractivity contribution is 5.80. The number of nitrogens with zero attached hydrogens (tertiary/aromatic N) is 1. The molecule has 0 aliphatic rings. The number of hydrogen-bond acceptors (Lipinski definition) is 5. The number of benzene rings is 1. The van der Waals surface area contributed by atoms with Gasteiger partial charge in [-0.3, -0.25) is 9.36 Å². The first-order valence-electron chi connectivity index (χ1n) is 5.75. The Morgan fingerprint density at radius 3 is 2.75 bits per heavy atom. The number of aliphatic hydroxyl groups excluding tert-OH is 1. The minimum atomic E-state index is -1.68. The van der Waals surface area contributed by atoms with Crippen molar-refractivity contribution in [3.63, 3.8) is 0 Å². The van der Waals surface area contributed by atoms with Crippen LogP contribution in [0.1, 0.15) is 0 Å². The summed E-state index contributed by atoms with van der Waals surface area (Å²) >= 11 is 0. The number of carbonyl (C=O) groups is 2. The SMILES string of the molecule is O=C(Cn1c(=O)oc2ccccc21)NCC(O)C(=O)O. The molecule has 0 aliphatic carbocycles. The van der Waals surface area contributed by atoms with Crippen LogP contribution in [0.5, 0.6) is 0 Å². The molecule has 2 rings (SSSR count). The molecular formula is C12H12N2O6. The number of aromatic nitrogens is 1. The zero-order valence-electron chi connectivity index (χ0n) is 10.3. The number of carboxylic acids is 1. The highest BCUT2D eigenvalue weighted by Crippen LogP contribution is 2.11. The highest BCUT2D eigenvalue weighted by Gasteiger charge is 2.16. The number of para-hydroxylation sites is 2. The van der Waals surface area contributed by atoms with E-state index >= 15 is 0 Å². The number of fused-ring (bicyclic) bond motifs is 1. The Morgan fingerprint density at radius 2 is 2.05 bits per heavy atom. The molecule has 1 amide bonds. The van der Waals surface area contributed by atoms with Crippen LogP contribution in [0.25, 0.3) is 11.1 Å². The van der Waals surface area contributed by atoms with Gasteiger partial charge in [-0.1, -0.05) is 12.1 Å². The van der Waals surface area contributed by atoms with Gasteiger partial charge >= 0.3 is 11.7 Å². The number of nitrogens with one attached hydrogen (secondary N) is 1. The molecule has 1 aromatic carbocycles. The van der Waals surface area contributed by atoms with Crippen molar-refractivity contribution < 1.29 is 24.2 Å². The van der Waals surface area contributed by atoms with E-state index in [4.69, 9.17) is 14.6 Å². The summed E-state index contributed by atoms with van der Waals surface area (Å²) in [5.74, 6) is -2.71. The van der Waals surface area contributed by atoms with Crippen molar-refractivity contribution in [3.8, 4) is 0 Å². The maximum Gasteiger partial charge on any atom is 0.420 e. The second-order valence-corrected chi connectivity index (χ2v) is 4.08. The molecule has 20 heavy (non-hydrogen) atoms. The molecule has 3 N–H and O–H groups in total. The largest absolute Gasteiger partial charge is 0.479 e. The standard InChI is InChI=1S/C12H12N2O6/c15-8(11(17)18)5-13-10(16)6-14-7-3-1-2-4-9(7)20-12(14)19/h1-4,8,15H,5-6H2,(H,13,16)(H,17,18). The molecule has 106 valence electrons. The van der Waals surface area contributed by atoms with Gasteiger partial charge in [0.25, 0.3) is 0 Å². The van der Waals surface area contributed by atoms with Crippen molar-refractivity contribution in [1.82, 2.24) is 9.88 Å². The predicted molar refractivity (Wildman–Crippen MR) is 67.1 cm³/mol. The van der Waals surface area contributed by atoms with Crippen LogP contribution in [0.2, 0.25) is 0 Å². The first kappa shape index (κ1) is 13.8. The summed E-state index contributed by atoms with van der Waals surface area (Å²) in [4.78, 5) is 33.6. The molecule has 0 aliphatic heterocycles.